The molecule has 0 aliphatic carbocycles. The van der Waals surface area contributed by atoms with Gasteiger partial charge in [0.05, 0.1) is 12.8 Å². The van der Waals surface area contributed by atoms with Gasteiger partial charge < -0.3 is 9.47 Å². The number of nitriles is 1. The molecule has 1 amide bonds. The number of nitrogens with zero attached hydrogens (tertiary/aromatic N) is 3. The molecule has 2 rings (SSSR count). The van der Waals surface area contributed by atoms with Crippen molar-refractivity contribution >= 4 is 34.7 Å². The van der Waals surface area contributed by atoms with Crippen LogP contribution in [0.2, 0.25) is 0 Å². The summed E-state index contributed by atoms with van der Waals surface area (Å²) in [5, 5.41) is 13.2. The molecule has 1 heterocycles. The third kappa shape index (κ3) is 5.79. The largest absolute Gasteiger partial charge is 0.467 e. The van der Waals surface area contributed by atoms with E-state index in [0.29, 0.717) is 11.3 Å². The summed E-state index contributed by atoms with van der Waals surface area (Å²) in [5.74, 6) is -0.344. The fourth-order valence-electron chi connectivity index (χ4n) is 2.10. The first-order valence-corrected chi connectivity index (χ1v) is 8.71. The van der Waals surface area contributed by atoms with E-state index < -0.39 is 5.91 Å². The second kappa shape index (κ2) is 9.84. The number of hydrazone groups is 1. The number of aromatic nitrogens is 1. The molecule has 0 unspecified atom stereocenters. The fraction of sp³-hybridized carbons (Fsp3) is 0.222. The number of pyridine rings is 1. The first kappa shape index (κ1) is 19.8. The van der Waals surface area contributed by atoms with Gasteiger partial charge in [-0.1, -0.05) is 12.1 Å². The van der Waals surface area contributed by atoms with Crippen LogP contribution in [0.15, 0.2) is 35.4 Å². The van der Waals surface area contributed by atoms with E-state index in [0.717, 1.165) is 9.13 Å². The Hall–Kier alpha value is -2.51. The van der Waals surface area contributed by atoms with E-state index in [2.05, 4.69) is 38.1 Å². The number of methoxy groups -OCH3 is 1. The molecule has 0 atom stereocenters. The average Bonchev–Trinajstić information content (AvgIpc) is 2.62. The Labute approximate surface area is 165 Å². The van der Waals surface area contributed by atoms with Crippen molar-refractivity contribution in [3.8, 4) is 11.9 Å². The van der Waals surface area contributed by atoms with Crippen LogP contribution in [0, 0.1) is 21.8 Å². The molecule has 8 heteroatoms. The third-order valence-electron chi connectivity index (χ3n) is 3.22. The van der Waals surface area contributed by atoms with Crippen LogP contribution in [0.1, 0.15) is 22.4 Å². The number of carbonyl (C=O) groups is 1. The number of aryl methyl sites for hydroxylation is 1. The zero-order valence-electron chi connectivity index (χ0n) is 14.3. The summed E-state index contributed by atoms with van der Waals surface area (Å²) in [7, 11) is 1.54. The minimum Gasteiger partial charge on any atom is -0.467 e. The molecule has 0 aliphatic heterocycles. The monoisotopic (exact) mass is 464 g/mol. The van der Waals surface area contributed by atoms with Crippen LogP contribution in [0.4, 0.5) is 0 Å². The lowest BCUT2D eigenvalue weighted by atomic mass is 10.1. The molecule has 7 nitrogen and oxygen atoms in total. The molecular weight excluding hydrogens is 447 g/mol. The number of carbonyl (C=O) groups excluding carboxylic acids is 1. The van der Waals surface area contributed by atoms with E-state index >= 15 is 0 Å². The van der Waals surface area contributed by atoms with Crippen molar-refractivity contribution in [2.45, 2.75) is 13.5 Å². The van der Waals surface area contributed by atoms with Crippen molar-refractivity contribution in [3.63, 3.8) is 0 Å². The summed E-state index contributed by atoms with van der Waals surface area (Å²) in [4.78, 5) is 16.0. The minimum absolute atomic E-state index is 0.108. The lowest BCUT2D eigenvalue weighted by Gasteiger charge is -2.10. The molecule has 0 fully saturated rings. The van der Waals surface area contributed by atoms with Crippen LogP contribution < -0.4 is 10.2 Å². The van der Waals surface area contributed by atoms with E-state index in [1.807, 2.05) is 30.3 Å². The number of nitrogens with one attached hydrogen (secondary N) is 1. The SMILES string of the molecule is COCc1cc(C)nc(OCC(=O)N/N=C\c2ccc(I)cc2)c1C#N. The van der Waals surface area contributed by atoms with Gasteiger partial charge in [0.15, 0.2) is 6.61 Å². The van der Waals surface area contributed by atoms with Crippen molar-refractivity contribution in [2.24, 2.45) is 5.10 Å². The first-order chi connectivity index (χ1) is 12.5. The lowest BCUT2D eigenvalue weighted by molar-refractivity contribution is -0.123. The smallest absolute Gasteiger partial charge is 0.278 e. The van der Waals surface area contributed by atoms with Crippen LogP contribution in [-0.2, 0) is 16.1 Å². The summed E-state index contributed by atoms with van der Waals surface area (Å²) < 4.78 is 11.6. The van der Waals surface area contributed by atoms with Gasteiger partial charge in [0, 0.05) is 21.9 Å². The zero-order chi connectivity index (χ0) is 18.9. The predicted octanol–water partition coefficient (Wildman–Crippen LogP) is 2.54. The Kier molecular flexibility index (Phi) is 7.50. The van der Waals surface area contributed by atoms with Gasteiger partial charge in [-0.05, 0) is 53.3 Å². The second-order valence-corrected chi connectivity index (χ2v) is 6.53. The van der Waals surface area contributed by atoms with Gasteiger partial charge in [0.1, 0.15) is 11.6 Å². The van der Waals surface area contributed by atoms with Gasteiger partial charge in [-0.15, -0.1) is 0 Å². The van der Waals surface area contributed by atoms with Gasteiger partial charge in [-0.2, -0.15) is 10.4 Å². The molecule has 1 aromatic carbocycles. The fourth-order valence-corrected chi connectivity index (χ4v) is 2.46. The molecule has 0 saturated heterocycles. The molecule has 0 radical (unpaired) electrons. The molecule has 0 aliphatic rings. The van der Waals surface area contributed by atoms with E-state index in [1.54, 1.807) is 13.0 Å². The van der Waals surface area contributed by atoms with E-state index in [4.69, 9.17) is 9.47 Å². The van der Waals surface area contributed by atoms with E-state index in [1.165, 1.54) is 13.3 Å². The van der Waals surface area contributed by atoms with Crippen LogP contribution in [-0.4, -0.2) is 30.8 Å². The summed E-state index contributed by atoms with van der Waals surface area (Å²) in [6.07, 6.45) is 1.54. The number of ether oxygens (including phenoxy) is 2. The van der Waals surface area contributed by atoms with Crippen LogP contribution in [0.25, 0.3) is 0 Å². The number of rotatable bonds is 7. The maximum atomic E-state index is 11.9. The predicted molar refractivity (Wildman–Crippen MR) is 105 cm³/mol. The van der Waals surface area contributed by atoms with Crippen molar-refractivity contribution in [1.29, 1.82) is 5.26 Å². The van der Waals surface area contributed by atoms with Gasteiger partial charge in [0.2, 0.25) is 5.88 Å². The molecule has 0 saturated carbocycles. The molecule has 1 N–H and O–H groups in total. The number of halogens is 1. The van der Waals surface area contributed by atoms with Crippen LogP contribution in [0.3, 0.4) is 0 Å². The third-order valence-corrected chi connectivity index (χ3v) is 3.94. The quantitative estimate of drug-likeness (QED) is 0.386. The molecule has 1 aromatic heterocycles. The Balaban J connectivity index is 1.96. The Bertz CT molecular complexity index is 845. The highest BCUT2D eigenvalue weighted by atomic mass is 127. The highest BCUT2D eigenvalue weighted by molar-refractivity contribution is 14.1. The van der Waals surface area contributed by atoms with Crippen molar-refractivity contribution < 1.29 is 14.3 Å². The van der Waals surface area contributed by atoms with E-state index in [-0.39, 0.29) is 24.7 Å². The maximum absolute atomic E-state index is 11.9. The summed E-state index contributed by atoms with van der Waals surface area (Å²) in [5.41, 5.74) is 4.83. The molecular formula is C18H17IN4O3. The van der Waals surface area contributed by atoms with Crippen molar-refractivity contribution in [3.05, 3.63) is 56.3 Å². The highest BCUT2D eigenvalue weighted by Crippen LogP contribution is 2.21. The zero-order valence-corrected chi connectivity index (χ0v) is 16.5. The number of hydrogen-bond acceptors (Lipinski definition) is 6. The van der Waals surface area contributed by atoms with Gasteiger partial charge in [-0.3, -0.25) is 4.79 Å². The Morgan fingerprint density at radius 2 is 2.15 bits per heavy atom. The van der Waals surface area contributed by atoms with Gasteiger partial charge in [-0.25, -0.2) is 10.4 Å². The van der Waals surface area contributed by atoms with Gasteiger partial charge in [0.25, 0.3) is 5.91 Å². The number of benzene rings is 1. The summed E-state index contributed by atoms with van der Waals surface area (Å²) in [6, 6.07) is 11.5. The minimum atomic E-state index is -0.452. The Morgan fingerprint density at radius 1 is 1.42 bits per heavy atom. The molecule has 26 heavy (non-hydrogen) atoms. The normalized spacial score (nSPS) is 10.5. The summed E-state index contributed by atoms with van der Waals surface area (Å²) in [6.45, 7) is 1.73. The molecule has 0 spiro atoms. The first-order valence-electron chi connectivity index (χ1n) is 7.63. The average molecular weight is 464 g/mol. The van der Waals surface area contributed by atoms with Crippen LogP contribution in [0.5, 0.6) is 5.88 Å². The maximum Gasteiger partial charge on any atom is 0.278 e. The number of amides is 1. The van der Waals surface area contributed by atoms with E-state index in [9.17, 15) is 10.1 Å². The van der Waals surface area contributed by atoms with Crippen molar-refractivity contribution in [2.75, 3.05) is 13.7 Å². The standard InChI is InChI=1S/C18H17IN4O3/c1-12-7-14(10-25-2)16(8-20)18(22-12)26-11-17(24)23-21-9-13-3-5-15(19)6-4-13/h3-7,9H,10-11H2,1-2H3,(H,23,24)/b21-9-. The molecule has 134 valence electrons. The van der Waals surface area contributed by atoms with Crippen LogP contribution >= 0.6 is 22.6 Å². The Morgan fingerprint density at radius 3 is 2.81 bits per heavy atom. The molecule has 2 aromatic rings. The topological polar surface area (TPSA) is 96.6 Å². The number of hydrogen-bond donors (Lipinski definition) is 1. The lowest BCUT2D eigenvalue weighted by Crippen LogP contribution is -2.25. The van der Waals surface area contributed by atoms with Crippen molar-refractivity contribution in [1.82, 2.24) is 10.4 Å². The van der Waals surface area contributed by atoms with Gasteiger partial charge >= 0.3 is 0 Å². The summed E-state index contributed by atoms with van der Waals surface area (Å²) >= 11 is 2.21. The highest BCUT2D eigenvalue weighted by Gasteiger charge is 2.14. The molecule has 0 bridgehead atoms. The second-order valence-electron chi connectivity index (χ2n) is 5.28.